The number of hydrogen-bond acceptors (Lipinski definition) is 2. The van der Waals surface area contributed by atoms with Crippen LogP contribution < -0.4 is 11.5 Å². The van der Waals surface area contributed by atoms with Crippen LogP contribution in [-0.4, -0.2) is 17.0 Å². The second kappa shape index (κ2) is 4.13. The number of nitrogens with zero attached hydrogens (tertiary/aromatic N) is 1. The highest BCUT2D eigenvalue weighted by Gasteiger charge is 2.12. The molecule has 17 heavy (non-hydrogen) atoms. The van der Waals surface area contributed by atoms with Crippen molar-refractivity contribution in [1.29, 1.82) is 0 Å². The lowest BCUT2D eigenvalue weighted by Gasteiger charge is -2.06. The summed E-state index contributed by atoms with van der Waals surface area (Å²) in [7, 11) is 0. The molecule has 0 aliphatic heterocycles. The predicted octanol–water partition coefficient (Wildman–Crippen LogP) is 1.44. The molecule has 0 bridgehead atoms. The summed E-state index contributed by atoms with van der Waals surface area (Å²) in [5.74, 6) is -1.22. The second-order valence-electron chi connectivity index (χ2n) is 3.52. The summed E-state index contributed by atoms with van der Waals surface area (Å²) in [6.07, 6.45) is 0. The van der Waals surface area contributed by atoms with Crippen LogP contribution in [0, 0.1) is 0 Å². The minimum Gasteiger partial charge on any atom is -0.478 e. The topological polar surface area (TPSA) is 102 Å². The van der Waals surface area contributed by atoms with Crippen LogP contribution in [0.15, 0.2) is 41.4 Å². The molecule has 0 unspecified atom stereocenters. The summed E-state index contributed by atoms with van der Waals surface area (Å²) in [5, 5.41) is 10.7. The number of nitrogens with two attached hydrogens (primary N) is 2. The van der Waals surface area contributed by atoms with E-state index in [9.17, 15) is 4.79 Å². The Balaban J connectivity index is 2.84. The average Bonchev–Trinajstić information content (AvgIpc) is 2.28. The van der Waals surface area contributed by atoms with E-state index in [2.05, 4.69) is 4.99 Å². The highest BCUT2D eigenvalue weighted by atomic mass is 16.4. The van der Waals surface area contributed by atoms with Gasteiger partial charge in [0, 0.05) is 5.39 Å². The molecule has 5 heteroatoms. The molecular formula is C12H11N3O2. The zero-order valence-electron chi connectivity index (χ0n) is 8.92. The second-order valence-corrected chi connectivity index (χ2v) is 3.52. The number of aromatic carboxylic acids is 1. The normalized spacial score (nSPS) is 10.1. The smallest absolute Gasteiger partial charge is 0.337 e. The molecule has 2 aromatic rings. The van der Waals surface area contributed by atoms with Gasteiger partial charge in [-0.2, -0.15) is 0 Å². The molecule has 0 radical (unpaired) electrons. The molecule has 0 aliphatic carbocycles. The maximum atomic E-state index is 11.1. The van der Waals surface area contributed by atoms with Crippen molar-refractivity contribution in [2.75, 3.05) is 0 Å². The Morgan fingerprint density at radius 1 is 1.12 bits per heavy atom. The van der Waals surface area contributed by atoms with E-state index in [-0.39, 0.29) is 17.2 Å². The molecule has 0 amide bonds. The van der Waals surface area contributed by atoms with Crippen molar-refractivity contribution in [3.63, 3.8) is 0 Å². The largest absolute Gasteiger partial charge is 0.478 e. The van der Waals surface area contributed by atoms with Gasteiger partial charge in [-0.3, -0.25) is 0 Å². The Kier molecular flexibility index (Phi) is 2.66. The van der Waals surface area contributed by atoms with Crippen molar-refractivity contribution in [3.05, 3.63) is 42.0 Å². The number of rotatable bonds is 2. The van der Waals surface area contributed by atoms with Gasteiger partial charge < -0.3 is 16.6 Å². The minimum atomic E-state index is -1.06. The number of fused-ring (bicyclic) bond motifs is 1. The Morgan fingerprint density at radius 2 is 1.82 bits per heavy atom. The fourth-order valence-electron chi connectivity index (χ4n) is 1.68. The lowest BCUT2D eigenvalue weighted by Crippen LogP contribution is -2.22. The monoisotopic (exact) mass is 229 g/mol. The predicted molar refractivity (Wildman–Crippen MR) is 66.4 cm³/mol. The third-order valence-corrected chi connectivity index (χ3v) is 2.37. The van der Waals surface area contributed by atoms with Crippen LogP contribution in [0.1, 0.15) is 10.4 Å². The van der Waals surface area contributed by atoms with Gasteiger partial charge in [0.25, 0.3) is 0 Å². The Labute approximate surface area is 97.4 Å². The van der Waals surface area contributed by atoms with Gasteiger partial charge in [-0.15, -0.1) is 0 Å². The molecule has 0 heterocycles. The summed E-state index contributed by atoms with van der Waals surface area (Å²) in [6.45, 7) is 0. The number of benzene rings is 2. The molecule has 0 spiro atoms. The van der Waals surface area contributed by atoms with E-state index in [0.29, 0.717) is 5.39 Å². The minimum absolute atomic E-state index is 0.0806. The summed E-state index contributed by atoms with van der Waals surface area (Å²) >= 11 is 0. The van der Waals surface area contributed by atoms with Gasteiger partial charge in [-0.05, 0) is 11.5 Å². The summed E-state index contributed by atoms with van der Waals surface area (Å²) in [5.41, 5.74) is 11.0. The van der Waals surface area contributed by atoms with E-state index in [1.54, 1.807) is 18.2 Å². The average molecular weight is 229 g/mol. The van der Waals surface area contributed by atoms with Crippen molar-refractivity contribution in [1.82, 2.24) is 0 Å². The first-order valence-electron chi connectivity index (χ1n) is 4.94. The highest BCUT2D eigenvalue weighted by Crippen LogP contribution is 2.30. The maximum Gasteiger partial charge on any atom is 0.337 e. The number of carboxylic acids is 1. The maximum absolute atomic E-state index is 11.1. The molecule has 5 nitrogen and oxygen atoms in total. The Morgan fingerprint density at radius 3 is 2.47 bits per heavy atom. The summed E-state index contributed by atoms with van der Waals surface area (Å²) < 4.78 is 0. The Hall–Kier alpha value is -2.56. The zero-order valence-corrected chi connectivity index (χ0v) is 8.92. The molecule has 0 saturated carbocycles. The first-order chi connectivity index (χ1) is 8.09. The van der Waals surface area contributed by atoms with Crippen LogP contribution in [0.25, 0.3) is 10.8 Å². The van der Waals surface area contributed by atoms with Crippen LogP contribution in [0.5, 0.6) is 0 Å². The number of guanidine groups is 1. The Bertz CT molecular complexity index is 616. The number of carboxylic acid groups (broad SMARTS) is 1. The van der Waals surface area contributed by atoms with Crippen LogP contribution in [0.3, 0.4) is 0 Å². The van der Waals surface area contributed by atoms with Crippen molar-refractivity contribution in [2.24, 2.45) is 16.5 Å². The molecule has 0 saturated heterocycles. The van der Waals surface area contributed by atoms with Crippen molar-refractivity contribution in [3.8, 4) is 0 Å². The SMILES string of the molecule is NC(N)=Nc1c(C(=O)O)ccc2ccccc12. The lowest BCUT2D eigenvalue weighted by atomic mass is 10.0. The third kappa shape index (κ3) is 2.03. The van der Waals surface area contributed by atoms with Crippen LogP contribution in [-0.2, 0) is 0 Å². The third-order valence-electron chi connectivity index (χ3n) is 2.37. The van der Waals surface area contributed by atoms with Gasteiger partial charge >= 0.3 is 5.97 Å². The van der Waals surface area contributed by atoms with E-state index in [1.165, 1.54) is 6.07 Å². The summed E-state index contributed by atoms with van der Waals surface area (Å²) in [6, 6.07) is 10.5. The van der Waals surface area contributed by atoms with Crippen molar-refractivity contribution in [2.45, 2.75) is 0 Å². The van der Waals surface area contributed by atoms with Crippen LogP contribution in [0.2, 0.25) is 0 Å². The van der Waals surface area contributed by atoms with Gasteiger partial charge in [0.15, 0.2) is 5.96 Å². The summed E-state index contributed by atoms with van der Waals surface area (Å²) in [4.78, 5) is 15.0. The molecule has 86 valence electrons. The molecule has 2 aromatic carbocycles. The molecule has 5 N–H and O–H groups in total. The highest BCUT2D eigenvalue weighted by molar-refractivity contribution is 6.06. The molecule has 0 atom stereocenters. The van der Waals surface area contributed by atoms with E-state index < -0.39 is 5.97 Å². The fourth-order valence-corrected chi connectivity index (χ4v) is 1.68. The molecule has 2 rings (SSSR count). The van der Waals surface area contributed by atoms with Gasteiger partial charge in [0.2, 0.25) is 0 Å². The van der Waals surface area contributed by atoms with Crippen molar-refractivity contribution >= 4 is 28.4 Å². The number of carbonyl (C=O) groups is 1. The van der Waals surface area contributed by atoms with Gasteiger partial charge in [0.05, 0.1) is 11.3 Å². The van der Waals surface area contributed by atoms with Crippen molar-refractivity contribution < 1.29 is 9.90 Å². The standard InChI is InChI=1S/C12H11N3O2/c13-12(14)15-10-8-4-2-1-3-7(8)5-6-9(10)11(16)17/h1-6H,(H,16,17)(H4,13,14,15). The number of aliphatic imine (C=N–C) groups is 1. The van der Waals surface area contributed by atoms with E-state index in [1.807, 2.05) is 12.1 Å². The number of hydrogen-bond donors (Lipinski definition) is 3. The van der Waals surface area contributed by atoms with Crippen LogP contribution >= 0.6 is 0 Å². The first-order valence-corrected chi connectivity index (χ1v) is 4.94. The molecule has 0 aliphatic rings. The van der Waals surface area contributed by atoms with Crippen LogP contribution in [0.4, 0.5) is 5.69 Å². The van der Waals surface area contributed by atoms with Gasteiger partial charge in [-0.1, -0.05) is 30.3 Å². The molecule has 0 fully saturated rings. The zero-order chi connectivity index (χ0) is 12.4. The molecular weight excluding hydrogens is 218 g/mol. The van der Waals surface area contributed by atoms with E-state index in [4.69, 9.17) is 16.6 Å². The lowest BCUT2D eigenvalue weighted by molar-refractivity contribution is 0.0698. The van der Waals surface area contributed by atoms with Gasteiger partial charge in [0.1, 0.15) is 0 Å². The molecule has 0 aromatic heterocycles. The quantitative estimate of drug-likeness (QED) is 0.535. The van der Waals surface area contributed by atoms with Gasteiger partial charge in [-0.25, -0.2) is 9.79 Å². The fraction of sp³-hybridized carbons (Fsp3) is 0. The first kappa shape index (κ1) is 10.9. The van der Waals surface area contributed by atoms with E-state index >= 15 is 0 Å². The van der Waals surface area contributed by atoms with E-state index in [0.717, 1.165) is 5.39 Å².